The van der Waals surface area contributed by atoms with Gasteiger partial charge >= 0.3 is 0 Å². The first-order valence-corrected chi connectivity index (χ1v) is 3.58. The maximum Gasteiger partial charge on any atom is 0.246 e. The minimum atomic E-state index is -1.04. The van der Waals surface area contributed by atoms with Gasteiger partial charge in [0.15, 0.2) is 5.92 Å². The van der Waals surface area contributed by atoms with Crippen molar-refractivity contribution in [2.24, 2.45) is 0 Å². The minimum Gasteiger partial charge on any atom is -0.323 e. The third kappa shape index (κ3) is 0.957. The van der Waals surface area contributed by atoms with Crippen LogP contribution in [-0.2, 0) is 4.79 Å². The molecule has 13 heavy (non-hydrogen) atoms. The SMILES string of the molecule is N#C[C@H]1C(=O)Nc2cncc(F)c21. The van der Waals surface area contributed by atoms with Gasteiger partial charge in [0, 0.05) is 5.56 Å². The van der Waals surface area contributed by atoms with Gasteiger partial charge in [0.1, 0.15) is 5.82 Å². The van der Waals surface area contributed by atoms with Crippen LogP contribution in [0.2, 0.25) is 0 Å². The van der Waals surface area contributed by atoms with Crippen LogP contribution in [0.4, 0.5) is 10.1 Å². The van der Waals surface area contributed by atoms with Crippen molar-refractivity contribution >= 4 is 11.6 Å². The molecule has 1 aromatic rings. The molecule has 1 aliphatic heterocycles. The molecule has 0 saturated carbocycles. The summed E-state index contributed by atoms with van der Waals surface area (Å²) in [6.45, 7) is 0. The number of carbonyl (C=O) groups is 1. The van der Waals surface area contributed by atoms with Gasteiger partial charge in [0.2, 0.25) is 5.91 Å². The molecular weight excluding hydrogens is 173 g/mol. The first-order valence-electron chi connectivity index (χ1n) is 3.58. The standard InChI is InChI=1S/C8H4FN3O/c9-5-2-11-3-6-7(5)4(1-10)8(13)12-6/h2-4H,(H,12,13)/t4-/m1/s1. The predicted molar refractivity (Wildman–Crippen MR) is 41.2 cm³/mol. The molecule has 0 spiro atoms. The molecule has 2 rings (SSSR count). The number of aromatic nitrogens is 1. The Balaban J connectivity index is 2.64. The number of halogens is 1. The van der Waals surface area contributed by atoms with Crippen LogP contribution in [0, 0.1) is 17.1 Å². The van der Waals surface area contributed by atoms with Gasteiger partial charge < -0.3 is 5.32 Å². The lowest BCUT2D eigenvalue weighted by molar-refractivity contribution is -0.116. The summed E-state index contributed by atoms with van der Waals surface area (Å²) >= 11 is 0. The molecule has 4 nitrogen and oxygen atoms in total. The Morgan fingerprint density at radius 3 is 3.08 bits per heavy atom. The number of pyridine rings is 1. The Morgan fingerprint density at radius 1 is 1.62 bits per heavy atom. The predicted octanol–water partition coefficient (Wildman–Crippen LogP) is 0.780. The molecule has 1 atom stereocenters. The lowest BCUT2D eigenvalue weighted by Gasteiger charge is -1.98. The second-order valence-electron chi connectivity index (χ2n) is 2.63. The minimum absolute atomic E-state index is 0.0995. The summed E-state index contributed by atoms with van der Waals surface area (Å²) in [7, 11) is 0. The number of carbonyl (C=O) groups excluding carboxylic acids is 1. The van der Waals surface area contributed by atoms with E-state index >= 15 is 0 Å². The maximum atomic E-state index is 13.1. The van der Waals surface area contributed by atoms with E-state index in [9.17, 15) is 9.18 Å². The summed E-state index contributed by atoms with van der Waals surface area (Å²) in [5, 5.41) is 11.0. The van der Waals surface area contributed by atoms with Crippen LogP contribution >= 0.6 is 0 Å². The Labute approximate surface area is 73.0 Å². The van der Waals surface area contributed by atoms with E-state index in [1.165, 1.54) is 6.20 Å². The molecule has 0 fully saturated rings. The number of rotatable bonds is 0. The zero-order valence-electron chi connectivity index (χ0n) is 6.41. The molecule has 0 aliphatic carbocycles. The normalized spacial score (nSPS) is 19.1. The van der Waals surface area contributed by atoms with Crippen LogP contribution in [0.3, 0.4) is 0 Å². The molecule has 0 unspecified atom stereocenters. The summed E-state index contributed by atoms with van der Waals surface area (Å²) in [5.74, 6) is -2.16. The van der Waals surface area contributed by atoms with E-state index in [1.807, 2.05) is 0 Å². The highest BCUT2D eigenvalue weighted by Gasteiger charge is 2.33. The van der Waals surface area contributed by atoms with Crippen LogP contribution in [0.1, 0.15) is 11.5 Å². The lowest BCUT2D eigenvalue weighted by Crippen LogP contribution is -2.10. The zero-order chi connectivity index (χ0) is 9.42. The fraction of sp³-hybridized carbons (Fsp3) is 0.125. The highest BCUT2D eigenvalue weighted by molar-refractivity contribution is 6.04. The number of hydrogen-bond donors (Lipinski definition) is 1. The first-order chi connectivity index (χ1) is 6.24. The number of amides is 1. The zero-order valence-corrected chi connectivity index (χ0v) is 6.41. The monoisotopic (exact) mass is 177 g/mol. The fourth-order valence-electron chi connectivity index (χ4n) is 1.30. The molecule has 0 radical (unpaired) electrons. The van der Waals surface area contributed by atoms with Gasteiger partial charge in [0.25, 0.3) is 0 Å². The number of hydrogen-bond acceptors (Lipinski definition) is 3. The van der Waals surface area contributed by atoms with E-state index in [1.54, 1.807) is 6.07 Å². The van der Waals surface area contributed by atoms with Crippen LogP contribution in [0.15, 0.2) is 12.4 Å². The van der Waals surface area contributed by atoms with E-state index in [-0.39, 0.29) is 11.3 Å². The summed E-state index contributed by atoms with van der Waals surface area (Å²) in [6, 6.07) is 1.73. The van der Waals surface area contributed by atoms with Gasteiger partial charge in [-0.1, -0.05) is 0 Å². The highest BCUT2D eigenvalue weighted by Crippen LogP contribution is 2.32. The van der Waals surface area contributed by atoms with Crippen LogP contribution in [0.5, 0.6) is 0 Å². The van der Waals surface area contributed by atoms with E-state index in [4.69, 9.17) is 5.26 Å². The van der Waals surface area contributed by atoms with Crippen LogP contribution < -0.4 is 5.32 Å². The van der Waals surface area contributed by atoms with Gasteiger partial charge in [-0.25, -0.2) is 4.39 Å². The molecule has 1 N–H and O–H groups in total. The molecular formula is C8H4FN3O. The molecule has 2 heterocycles. The van der Waals surface area contributed by atoms with Crippen molar-refractivity contribution in [1.82, 2.24) is 4.98 Å². The third-order valence-electron chi connectivity index (χ3n) is 1.88. The third-order valence-corrected chi connectivity index (χ3v) is 1.88. The van der Waals surface area contributed by atoms with E-state index in [0.717, 1.165) is 6.20 Å². The summed E-state index contributed by atoms with van der Waals surface area (Å²) in [4.78, 5) is 14.6. The van der Waals surface area contributed by atoms with Crippen molar-refractivity contribution in [3.8, 4) is 6.07 Å². The van der Waals surface area contributed by atoms with Crippen molar-refractivity contribution in [2.45, 2.75) is 5.92 Å². The smallest absolute Gasteiger partial charge is 0.246 e. The van der Waals surface area contributed by atoms with Gasteiger partial charge in [-0.15, -0.1) is 0 Å². The molecule has 0 bridgehead atoms. The number of nitriles is 1. The Bertz CT molecular complexity index is 424. The number of fused-ring (bicyclic) bond motifs is 1. The summed E-state index contributed by atoms with van der Waals surface area (Å²) < 4.78 is 13.1. The Kier molecular flexibility index (Phi) is 1.49. The summed E-state index contributed by atoms with van der Waals surface area (Å²) in [5.41, 5.74) is 0.388. The molecule has 64 valence electrons. The maximum absolute atomic E-state index is 13.1. The van der Waals surface area contributed by atoms with Crippen LogP contribution in [-0.4, -0.2) is 10.9 Å². The lowest BCUT2D eigenvalue weighted by atomic mass is 10.0. The van der Waals surface area contributed by atoms with Crippen molar-refractivity contribution in [3.63, 3.8) is 0 Å². The number of nitrogens with one attached hydrogen (secondary N) is 1. The first kappa shape index (κ1) is 7.68. The van der Waals surface area contributed by atoms with E-state index in [2.05, 4.69) is 10.3 Å². The average molecular weight is 177 g/mol. The molecule has 1 amide bonds. The molecule has 1 aromatic heterocycles. The van der Waals surface area contributed by atoms with Gasteiger partial charge in [0.05, 0.1) is 24.2 Å². The number of nitrogens with zero attached hydrogens (tertiary/aromatic N) is 2. The Morgan fingerprint density at radius 2 is 2.38 bits per heavy atom. The van der Waals surface area contributed by atoms with Crippen LogP contribution in [0.25, 0.3) is 0 Å². The molecule has 5 heteroatoms. The van der Waals surface area contributed by atoms with Gasteiger partial charge in [-0.3, -0.25) is 9.78 Å². The van der Waals surface area contributed by atoms with Crippen molar-refractivity contribution < 1.29 is 9.18 Å². The van der Waals surface area contributed by atoms with Crippen molar-refractivity contribution in [3.05, 3.63) is 23.8 Å². The number of anilines is 1. The molecule has 0 saturated heterocycles. The second-order valence-corrected chi connectivity index (χ2v) is 2.63. The molecule has 1 aliphatic rings. The van der Waals surface area contributed by atoms with Crippen molar-refractivity contribution in [2.75, 3.05) is 5.32 Å². The fourth-order valence-corrected chi connectivity index (χ4v) is 1.30. The second kappa shape index (κ2) is 2.52. The average Bonchev–Trinajstić information content (AvgIpc) is 2.42. The Hall–Kier alpha value is -1.96. The largest absolute Gasteiger partial charge is 0.323 e. The quantitative estimate of drug-likeness (QED) is 0.636. The highest BCUT2D eigenvalue weighted by atomic mass is 19.1. The topological polar surface area (TPSA) is 65.8 Å². The molecule has 0 aromatic carbocycles. The van der Waals surface area contributed by atoms with E-state index < -0.39 is 17.6 Å². The summed E-state index contributed by atoms with van der Waals surface area (Å²) in [6.07, 6.45) is 2.32. The van der Waals surface area contributed by atoms with Crippen molar-refractivity contribution in [1.29, 1.82) is 5.26 Å². The van der Waals surface area contributed by atoms with Gasteiger partial charge in [-0.2, -0.15) is 5.26 Å². The van der Waals surface area contributed by atoms with E-state index in [0.29, 0.717) is 0 Å². The van der Waals surface area contributed by atoms with Gasteiger partial charge in [-0.05, 0) is 0 Å².